The highest BCUT2D eigenvalue weighted by atomic mass is 16.1. The Morgan fingerprint density at radius 2 is 1.85 bits per heavy atom. The summed E-state index contributed by atoms with van der Waals surface area (Å²) < 4.78 is 0. The highest BCUT2D eigenvalue weighted by Crippen LogP contribution is 2.11. The number of carbonyl (C=O) groups excluding carboxylic acids is 1. The molecule has 1 amide bonds. The molecule has 0 atom stereocenters. The van der Waals surface area contributed by atoms with Crippen molar-refractivity contribution in [3.05, 3.63) is 83.6 Å². The van der Waals surface area contributed by atoms with Crippen LogP contribution in [0.1, 0.15) is 21.6 Å². The summed E-state index contributed by atoms with van der Waals surface area (Å²) in [6, 6.07) is 22.2. The maximum atomic E-state index is 12.2. The van der Waals surface area contributed by atoms with E-state index >= 15 is 0 Å². The molecular weight excluding hydrogens is 326 g/mol. The number of aromatic nitrogens is 2. The molecular formula is C20H17N5O. The topological polar surface area (TPSA) is 90.7 Å². The number of anilines is 2. The van der Waals surface area contributed by atoms with E-state index in [9.17, 15) is 4.79 Å². The maximum Gasteiger partial charge on any atom is 0.276 e. The molecule has 0 saturated heterocycles. The van der Waals surface area contributed by atoms with Gasteiger partial charge in [-0.25, -0.2) is 0 Å². The van der Waals surface area contributed by atoms with E-state index in [-0.39, 0.29) is 11.6 Å². The van der Waals surface area contributed by atoms with Crippen LogP contribution < -0.4 is 10.6 Å². The molecule has 1 heterocycles. The Morgan fingerprint density at radius 1 is 1.00 bits per heavy atom. The zero-order chi connectivity index (χ0) is 18.2. The lowest BCUT2D eigenvalue weighted by Crippen LogP contribution is -2.15. The summed E-state index contributed by atoms with van der Waals surface area (Å²) in [7, 11) is 0. The number of nitrogens with one attached hydrogen (secondary N) is 2. The largest absolute Gasteiger partial charge is 0.368 e. The maximum absolute atomic E-state index is 12.2. The van der Waals surface area contributed by atoms with Crippen molar-refractivity contribution in [3.63, 3.8) is 0 Å². The average Bonchev–Trinajstić information content (AvgIpc) is 2.69. The van der Waals surface area contributed by atoms with Crippen LogP contribution in [0.3, 0.4) is 0 Å². The molecule has 0 aliphatic carbocycles. The van der Waals surface area contributed by atoms with Crippen LogP contribution in [-0.4, -0.2) is 22.6 Å². The quantitative estimate of drug-likeness (QED) is 0.717. The minimum absolute atomic E-state index is 0.209. The highest BCUT2D eigenvalue weighted by molar-refractivity contribution is 6.02. The van der Waals surface area contributed by atoms with Crippen molar-refractivity contribution in [1.29, 1.82) is 5.26 Å². The Kier molecular flexibility index (Phi) is 5.53. The van der Waals surface area contributed by atoms with E-state index in [1.54, 1.807) is 36.4 Å². The molecule has 0 aliphatic rings. The summed E-state index contributed by atoms with van der Waals surface area (Å²) >= 11 is 0. The molecule has 0 fully saturated rings. The number of rotatable bonds is 6. The third-order valence-electron chi connectivity index (χ3n) is 3.71. The minimum Gasteiger partial charge on any atom is -0.368 e. The molecule has 0 bridgehead atoms. The lowest BCUT2D eigenvalue weighted by molar-refractivity contribution is 0.102. The Balaban J connectivity index is 1.55. The monoisotopic (exact) mass is 343 g/mol. The molecule has 2 N–H and O–H groups in total. The molecule has 2 aromatic carbocycles. The second-order valence-corrected chi connectivity index (χ2v) is 5.61. The van der Waals surface area contributed by atoms with Gasteiger partial charge in [0.15, 0.2) is 5.69 Å². The van der Waals surface area contributed by atoms with E-state index < -0.39 is 0 Å². The number of nitrogens with zero attached hydrogens (tertiary/aromatic N) is 3. The molecule has 128 valence electrons. The van der Waals surface area contributed by atoms with Gasteiger partial charge in [-0.1, -0.05) is 36.4 Å². The first kappa shape index (κ1) is 17.1. The van der Waals surface area contributed by atoms with Crippen molar-refractivity contribution in [2.24, 2.45) is 0 Å². The number of carbonyl (C=O) groups is 1. The number of amides is 1. The molecule has 26 heavy (non-hydrogen) atoms. The lowest BCUT2D eigenvalue weighted by atomic mass is 10.1. The minimum atomic E-state index is -0.372. The normalized spacial score (nSPS) is 9.96. The lowest BCUT2D eigenvalue weighted by Gasteiger charge is -2.07. The molecule has 0 aliphatic heterocycles. The third kappa shape index (κ3) is 4.65. The molecule has 3 rings (SSSR count). The predicted octanol–water partition coefficient (Wildman–Crippen LogP) is 3.26. The van der Waals surface area contributed by atoms with Gasteiger partial charge in [-0.05, 0) is 42.3 Å². The summed E-state index contributed by atoms with van der Waals surface area (Å²) in [5.41, 5.74) is 2.47. The summed E-state index contributed by atoms with van der Waals surface area (Å²) in [5, 5.41) is 22.8. The average molecular weight is 343 g/mol. The van der Waals surface area contributed by atoms with E-state index in [4.69, 9.17) is 5.26 Å². The Morgan fingerprint density at radius 3 is 2.58 bits per heavy atom. The first-order valence-corrected chi connectivity index (χ1v) is 8.17. The first-order valence-electron chi connectivity index (χ1n) is 8.17. The molecule has 0 unspecified atom stereocenters. The van der Waals surface area contributed by atoms with Gasteiger partial charge in [0.1, 0.15) is 5.82 Å². The van der Waals surface area contributed by atoms with Gasteiger partial charge in [-0.2, -0.15) is 5.26 Å². The number of benzene rings is 2. The Hall–Kier alpha value is -3.72. The van der Waals surface area contributed by atoms with E-state index in [1.807, 2.05) is 24.3 Å². The fraction of sp³-hybridized carbons (Fsp3) is 0.100. The molecule has 0 radical (unpaired) electrons. The van der Waals surface area contributed by atoms with Gasteiger partial charge in [0, 0.05) is 12.2 Å². The first-order chi connectivity index (χ1) is 12.7. The van der Waals surface area contributed by atoms with Crippen LogP contribution in [0.25, 0.3) is 0 Å². The zero-order valence-electron chi connectivity index (χ0n) is 14.0. The van der Waals surface area contributed by atoms with Crippen LogP contribution in [0.2, 0.25) is 0 Å². The number of hydrogen-bond donors (Lipinski definition) is 2. The SMILES string of the molecule is N#Cc1cccc(NC(=O)c2ccc(NCCc3ccccc3)nn2)c1. The van der Waals surface area contributed by atoms with E-state index in [0.29, 0.717) is 17.1 Å². The van der Waals surface area contributed by atoms with Crippen LogP contribution in [-0.2, 0) is 6.42 Å². The van der Waals surface area contributed by atoms with Gasteiger partial charge in [0.05, 0.1) is 11.6 Å². The van der Waals surface area contributed by atoms with Gasteiger partial charge in [-0.15, -0.1) is 10.2 Å². The summed E-state index contributed by atoms with van der Waals surface area (Å²) in [4.78, 5) is 12.2. The van der Waals surface area contributed by atoms with Crippen molar-refractivity contribution in [3.8, 4) is 6.07 Å². The number of nitriles is 1. The van der Waals surface area contributed by atoms with Gasteiger partial charge < -0.3 is 10.6 Å². The predicted molar refractivity (Wildman–Crippen MR) is 99.8 cm³/mol. The fourth-order valence-corrected chi connectivity index (χ4v) is 2.39. The van der Waals surface area contributed by atoms with Crippen molar-refractivity contribution in [1.82, 2.24) is 10.2 Å². The number of hydrogen-bond acceptors (Lipinski definition) is 5. The third-order valence-corrected chi connectivity index (χ3v) is 3.71. The van der Waals surface area contributed by atoms with Crippen LogP contribution in [0.15, 0.2) is 66.7 Å². The Bertz CT molecular complexity index is 917. The van der Waals surface area contributed by atoms with Crippen LogP contribution in [0.5, 0.6) is 0 Å². The van der Waals surface area contributed by atoms with Gasteiger partial charge >= 0.3 is 0 Å². The highest BCUT2D eigenvalue weighted by Gasteiger charge is 2.09. The summed E-state index contributed by atoms with van der Waals surface area (Å²) in [6.07, 6.45) is 0.875. The van der Waals surface area contributed by atoms with Crippen LogP contribution in [0.4, 0.5) is 11.5 Å². The van der Waals surface area contributed by atoms with Gasteiger partial charge in [0.25, 0.3) is 5.91 Å². The fourth-order valence-electron chi connectivity index (χ4n) is 2.39. The van der Waals surface area contributed by atoms with E-state index in [2.05, 4.69) is 33.0 Å². The molecule has 1 aromatic heterocycles. The molecule has 6 nitrogen and oxygen atoms in total. The molecule has 0 spiro atoms. The van der Waals surface area contributed by atoms with Crippen molar-refractivity contribution in [2.45, 2.75) is 6.42 Å². The summed E-state index contributed by atoms with van der Waals surface area (Å²) in [5.74, 6) is 0.243. The Labute approximate surface area is 151 Å². The smallest absolute Gasteiger partial charge is 0.276 e. The van der Waals surface area contributed by atoms with Gasteiger partial charge in [0.2, 0.25) is 0 Å². The second kappa shape index (κ2) is 8.40. The van der Waals surface area contributed by atoms with E-state index in [0.717, 1.165) is 13.0 Å². The van der Waals surface area contributed by atoms with Crippen molar-refractivity contribution >= 4 is 17.4 Å². The second-order valence-electron chi connectivity index (χ2n) is 5.61. The van der Waals surface area contributed by atoms with Crippen molar-refractivity contribution in [2.75, 3.05) is 17.2 Å². The van der Waals surface area contributed by atoms with E-state index in [1.165, 1.54) is 5.56 Å². The van der Waals surface area contributed by atoms with Crippen LogP contribution in [0, 0.1) is 11.3 Å². The van der Waals surface area contributed by atoms with Gasteiger partial charge in [-0.3, -0.25) is 4.79 Å². The molecule has 3 aromatic rings. The zero-order valence-corrected chi connectivity index (χ0v) is 14.0. The molecule has 0 saturated carbocycles. The van der Waals surface area contributed by atoms with Crippen LogP contribution >= 0.6 is 0 Å². The summed E-state index contributed by atoms with van der Waals surface area (Å²) in [6.45, 7) is 0.727. The van der Waals surface area contributed by atoms with Crippen molar-refractivity contribution < 1.29 is 4.79 Å². The molecule has 6 heteroatoms. The standard InChI is InChI=1S/C20H17N5O/c21-14-16-7-4-8-17(13-16)23-20(26)18-9-10-19(25-24-18)22-12-11-15-5-2-1-3-6-15/h1-10,13H,11-12H2,(H,22,25)(H,23,26).